The highest BCUT2D eigenvalue weighted by molar-refractivity contribution is 9.10. The minimum Gasteiger partial charge on any atom is -0.365 e. The van der Waals surface area contributed by atoms with Gasteiger partial charge in [0.25, 0.3) is 0 Å². The fraction of sp³-hybridized carbons (Fsp3) is 0.625. The first kappa shape index (κ1) is 14.3. The summed E-state index contributed by atoms with van der Waals surface area (Å²) in [6.45, 7) is 6.29. The molecule has 0 amide bonds. The molecule has 20 heavy (non-hydrogen) atoms. The second-order valence-corrected chi connectivity index (χ2v) is 7.25. The lowest BCUT2D eigenvalue weighted by Crippen LogP contribution is -2.62. The molecule has 1 aromatic carbocycles. The summed E-state index contributed by atoms with van der Waals surface area (Å²) in [6, 6.07) is 4.02. The summed E-state index contributed by atoms with van der Waals surface area (Å²) >= 11 is 3.32. The van der Waals surface area contributed by atoms with Gasteiger partial charge in [-0.1, -0.05) is 12.8 Å². The first-order chi connectivity index (χ1) is 9.51. The highest BCUT2D eigenvalue weighted by Gasteiger charge is 2.40. The average Bonchev–Trinajstić information content (AvgIpc) is 2.86. The SMILES string of the molecule is Cc1cc(F)c(Br)cc1N1CC2(CCCC2)NCC1C. The molecular formula is C16H22BrFN2. The summed E-state index contributed by atoms with van der Waals surface area (Å²) in [5.74, 6) is -0.176. The minimum atomic E-state index is -0.176. The summed E-state index contributed by atoms with van der Waals surface area (Å²) in [5.41, 5.74) is 2.46. The maximum absolute atomic E-state index is 13.6. The molecule has 2 fully saturated rings. The quantitative estimate of drug-likeness (QED) is 0.830. The van der Waals surface area contributed by atoms with Gasteiger partial charge in [-0.2, -0.15) is 0 Å². The number of benzene rings is 1. The number of halogens is 2. The predicted molar refractivity (Wildman–Crippen MR) is 84.8 cm³/mol. The van der Waals surface area contributed by atoms with E-state index in [0.717, 1.165) is 18.7 Å². The summed E-state index contributed by atoms with van der Waals surface area (Å²) < 4.78 is 14.2. The molecule has 1 aliphatic heterocycles. The maximum Gasteiger partial charge on any atom is 0.137 e. The Labute approximate surface area is 128 Å². The molecule has 1 atom stereocenters. The van der Waals surface area contributed by atoms with Crippen molar-refractivity contribution in [2.24, 2.45) is 0 Å². The number of nitrogens with one attached hydrogen (secondary N) is 1. The van der Waals surface area contributed by atoms with Gasteiger partial charge in [0, 0.05) is 30.4 Å². The number of hydrogen-bond donors (Lipinski definition) is 1. The molecular weight excluding hydrogens is 319 g/mol. The van der Waals surface area contributed by atoms with Crippen LogP contribution in [-0.2, 0) is 0 Å². The van der Waals surface area contributed by atoms with E-state index in [1.54, 1.807) is 6.07 Å². The molecule has 1 aliphatic carbocycles. The van der Waals surface area contributed by atoms with Crippen LogP contribution in [0.1, 0.15) is 38.2 Å². The van der Waals surface area contributed by atoms with Crippen LogP contribution in [0.4, 0.5) is 10.1 Å². The fourth-order valence-electron chi connectivity index (χ4n) is 3.67. The van der Waals surface area contributed by atoms with Crippen molar-refractivity contribution in [2.75, 3.05) is 18.0 Å². The highest BCUT2D eigenvalue weighted by atomic mass is 79.9. The average molecular weight is 341 g/mol. The summed E-state index contributed by atoms with van der Waals surface area (Å²) in [5, 5.41) is 3.76. The molecule has 2 nitrogen and oxygen atoms in total. The zero-order valence-corrected chi connectivity index (χ0v) is 13.8. The molecule has 4 heteroatoms. The van der Waals surface area contributed by atoms with Crippen LogP contribution in [0.2, 0.25) is 0 Å². The van der Waals surface area contributed by atoms with Gasteiger partial charge in [-0.3, -0.25) is 0 Å². The molecule has 0 aromatic heterocycles. The van der Waals surface area contributed by atoms with Gasteiger partial charge < -0.3 is 10.2 Å². The number of nitrogens with zero attached hydrogens (tertiary/aromatic N) is 1. The van der Waals surface area contributed by atoms with E-state index in [4.69, 9.17) is 0 Å². The predicted octanol–water partition coefficient (Wildman–Crippen LogP) is 4.01. The van der Waals surface area contributed by atoms with Gasteiger partial charge >= 0.3 is 0 Å². The topological polar surface area (TPSA) is 15.3 Å². The van der Waals surface area contributed by atoms with E-state index < -0.39 is 0 Å². The van der Waals surface area contributed by atoms with E-state index >= 15 is 0 Å². The van der Waals surface area contributed by atoms with Crippen LogP contribution in [0.5, 0.6) is 0 Å². The number of rotatable bonds is 1. The third-order valence-electron chi connectivity index (χ3n) is 4.89. The van der Waals surface area contributed by atoms with Gasteiger partial charge in [-0.25, -0.2) is 4.39 Å². The summed E-state index contributed by atoms with van der Waals surface area (Å²) in [6.07, 6.45) is 5.16. The molecule has 0 radical (unpaired) electrons. The van der Waals surface area contributed by atoms with E-state index in [-0.39, 0.29) is 11.4 Å². The third kappa shape index (κ3) is 2.48. The largest absolute Gasteiger partial charge is 0.365 e. The first-order valence-corrected chi connectivity index (χ1v) is 8.27. The maximum atomic E-state index is 13.6. The van der Waals surface area contributed by atoms with Crippen molar-refractivity contribution >= 4 is 21.6 Å². The number of aryl methyl sites for hydroxylation is 1. The van der Waals surface area contributed by atoms with Crippen LogP contribution in [0, 0.1) is 12.7 Å². The Kier molecular flexibility index (Phi) is 3.80. The van der Waals surface area contributed by atoms with Crippen LogP contribution in [0.15, 0.2) is 16.6 Å². The van der Waals surface area contributed by atoms with E-state index in [1.165, 1.54) is 31.4 Å². The van der Waals surface area contributed by atoms with Gasteiger partial charge in [0.2, 0.25) is 0 Å². The molecule has 1 heterocycles. The van der Waals surface area contributed by atoms with Crippen molar-refractivity contribution < 1.29 is 4.39 Å². The molecule has 1 saturated carbocycles. The Hall–Kier alpha value is -0.610. The number of piperazine rings is 1. The van der Waals surface area contributed by atoms with Crippen LogP contribution < -0.4 is 10.2 Å². The Balaban J connectivity index is 1.93. The monoisotopic (exact) mass is 340 g/mol. The first-order valence-electron chi connectivity index (χ1n) is 7.48. The van der Waals surface area contributed by atoms with Crippen molar-refractivity contribution in [1.82, 2.24) is 5.32 Å². The van der Waals surface area contributed by atoms with E-state index in [0.29, 0.717) is 10.5 Å². The molecule has 3 rings (SSSR count). The van der Waals surface area contributed by atoms with Crippen LogP contribution >= 0.6 is 15.9 Å². The molecule has 1 N–H and O–H groups in total. The Bertz CT molecular complexity index is 511. The zero-order valence-electron chi connectivity index (χ0n) is 12.2. The molecule has 1 unspecified atom stereocenters. The van der Waals surface area contributed by atoms with E-state index in [2.05, 4.69) is 33.1 Å². The molecule has 1 saturated heterocycles. The summed E-state index contributed by atoms with van der Waals surface area (Å²) in [4.78, 5) is 2.46. The lowest BCUT2D eigenvalue weighted by molar-refractivity contribution is 0.276. The molecule has 1 spiro atoms. The van der Waals surface area contributed by atoms with Gasteiger partial charge in [0.15, 0.2) is 0 Å². The fourth-order valence-corrected chi connectivity index (χ4v) is 4.00. The highest BCUT2D eigenvalue weighted by Crippen LogP contribution is 2.37. The summed E-state index contributed by atoms with van der Waals surface area (Å²) in [7, 11) is 0. The van der Waals surface area contributed by atoms with Crippen molar-refractivity contribution in [3.63, 3.8) is 0 Å². The molecule has 2 aliphatic rings. The van der Waals surface area contributed by atoms with Crippen molar-refractivity contribution in [3.8, 4) is 0 Å². The third-order valence-corrected chi connectivity index (χ3v) is 5.49. The minimum absolute atomic E-state index is 0.176. The smallest absolute Gasteiger partial charge is 0.137 e. The van der Waals surface area contributed by atoms with Crippen LogP contribution in [0.25, 0.3) is 0 Å². The second kappa shape index (κ2) is 5.30. The Morgan fingerprint density at radius 3 is 2.75 bits per heavy atom. The van der Waals surface area contributed by atoms with Crippen LogP contribution in [-0.4, -0.2) is 24.7 Å². The molecule has 0 bridgehead atoms. The standard InChI is InChI=1S/C16H22BrFN2/c1-11-7-14(18)13(17)8-15(11)20-10-16(5-3-4-6-16)19-9-12(20)2/h7-8,12,19H,3-6,9-10H2,1-2H3. The van der Waals surface area contributed by atoms with Crippen molar-refractivity contribution in [2.45, 2.75) is 51.1 Å². The zero-order chi connectivity index (χ0) is 14.3. The molecule has 110 valence electrons. The van der Waals surface area contributed by atoms with E-state index in [9.17, 15) is 4.39 Å². The lowest BCUT2D eigenvalue weighted by atomic mass is 9.92. The van der Waals surface area contributed by atoms with Gasteiger partial charge in [-0.05, 0) is 60.3 Å². The Morgan fingerprint density at radius 2 is 2.05 bits per heavy atom. The van der Waals surface area contributed by atoms with Gasteiger partial charge in [-0.15, -0.1) is 0 Å². The van der Waals surface area contributed by atoms with E-state index in [1.807, 2.05) is 13.0 Å². The number of anilines is 1. The molecule has 1 aromatic rings. The normalized spacial score (nSPS) is 25.4. The van der Waals surface area contributed by atoms with Gasteiger partial charge in [0.05, 0.1) is 4.47 Å². The lowest BCUT2D eigenvalue weighted by Gasteiger charge is -2.47. The Morgan fingerprint density at radius 1 is 1.35 bits per heavy atom. The van der Waals surface area contributed by atoms with Gasteiger partial charge in [0.1, 0.15) is 5.82 Å². The van der Waals surface area contributed by atoms with Crippen LogP contribution in [0.3, 0.4) is 0 Å². The van der Waals surface area contributed by atoms with Crippen molar-refractivity contribution in [1.29, 1.82) is 0 Å². The van der Waals surface area contributed by atoms with Crippen molar-refractivity contribution in [3.05, 3.63) is 28.0 Å². The number of hydrogen-bond acceptors (Lipinski definition) is 2. The second-order valence-electron chi connectivity index (χ2n) is 6.40.